The quantitative estimate of drug-likeness (QED) is 0.0473. The number of rotatable bonds is 13. The summed E-state index contributed by atoms with van der Waals surface area (Å²) in [5.74, 6) is -1.41. The molecule has 1 aromatic heterocycles. The molecule has 10 nitrogen and oxygen atoms in total. The lowest BCUT2D eigenvalue weighted by Crippen LogP contribution is -2.30. The number of carbonyl (C=O) groups is 4. The lowest BCUT2D eigenvalue weighted by atomic mass is 10.1. The summed E-state index contributed by atoms with van der Waals surface area (Å²) in [6.07, 6.45) is 6.79. The third-order valence-corrected chi connectivity index (χ3v) is 10.8. The highest BCUT2D eigenvalue weighted by atomic mass is 32.2. The van der Waals surface area contributed by atoms with E-state index in [1.807, 2.05) is 13.0 Å². The molecule has 3 amide bonds. The number of anilines is 2. The first-order valence-corrected chi connectivity index (χ1v) is 18.6. The standard InChI is InChI=1S/C39H41N3O7S2/c1-4-32(37(46)42-38-34(39(47)49-5-2)29-17-10-7-11-18-33(29)51-38)50-28-16-12-15-26(22-28)40-36(45)30(41-35(44)24-13-8-6-9-14-24)21-25-19-20-27(43)23-31(25)48-3/h6,8-9,12-16,19-23,32,43H,4-5,7,10-11,17-18H2,1-3H3,(H,40,45)(H,41,44)(H,42,46)/b30-21+. The number of aromatic hydroxyl groups is 1. The summed E-state index contributed by atoms with van der Waals surface area (Å²) in [7, 11) is 1.44. The number of aryl methyl sites for hydroxylation is 1. The van der Waals surface area contributed by atoms with Gasteiger partial charge in [0.2, 0.25) is 5.91 Å². The van der Waals surface area contributed by atoms with E-state index in [0.717, 1.165) is 47.4 Å². The van der Waals surface area contributed by atoms with Crippen LogP contribution in [0.25, 0.3) is 6.08 Å². The smallest absolute Gasteiger partial charge is 0.341 e. The third-order valence-electron chi connectivity index (χ3n) is 8.22. The number of phenolic OH excluding ortho intramolecular Hbond substituents is 1. The molecule has 4 N–H and O–H groups in total. The molecule has 0 radical (unpaired) electrons. The molecule has 1 aliphatic rings. The number of amides is 3. The lowest BCUT2D eigenvalue weighted by molar-refractivity contribution is -0.116. The maximum atomic E-state index is 13.7. The van der Waals surface area contributed by atoms with Crippen molar-refractivity contribution in [3.8, 4) is 11.5 Å². The molecule has 266 valence electrons. The van der Waals surface area contributed by atoms with Crippen LogP contribution in [0.1, 0.15) is 76.3 Å². The molecule has 0 spiro atoms. The fraction of sp³-hybridized carbons (Fsp3) is 0.282. The van der Waals surface area contributed by atoms with E-state index in [1.165, 1.54) is 48.4 Å². The fourth-order valence-electron chi connectivity index (χ4n) is 5.69. The van der Waals surface area contributed by atoms with Crippen molar-refractivity contribution in [2.24, 2.45) is 0 Å². The van der Waals surface area contributed by atoms with E-state index in [0.29, 0.717) is 39.5 Å². The summed E-state index contributed by atoms with van der Waals surface area (Å²) in [5.41, 5.74) is 2.69. The molecule has 3 aromatic carbocycles. The molecule has 1 aliphatic carbocycles. The number of phenols is 1. The summed E-state index contributed by atoms with van der Waals surface area (Å²) in [6, 6.07) is 20.0. The molecule has 0 saturated heterocycles. The van der Waals surface area contributed by atoms with Crippen LogP contribution in [0.2, 0.25) is 0 Å². The number of hydrogen-bond acceptors (Lipinski definition) is 9. The van der Waals surface area contributed by atoms with Crippen LogP contribution < -0.4 is 20.7 Å². The number of nitrogens with one attached hydrogen (secondary N) is 3. The second-order valence-corrected chi connectivity index (χ2v) is 14.2. The molecule has 0 fully saturated rings. The normalized spacial score (nSPS) is 13.3. The van der Waals surface area contributed by atoms with Crippen molar-refractivity contribution >= 4 is 63.6 Å². The van der Waals surface area contributed by atoms with Crippen LogP contribution in [0.5, 0.6) is 11.5 Å². The first-order chi connectivity index (χ1) is 24.7. The number of thioether (sulfide) groups is 1. The van der Waals surface area contributed by atoms with Gasteiger partial charge >= 0.3 is 5.97 Å². The lowest BCUT2D eigenvalue weighted by Gasteiger charge is -2.16. The van der Waals surface area contributed by atoms with Crippen LogP contribution in [0, 0.1) is 0 Å². The summed E-state index contributed by atoms with van der Waals surface area (Å²) < 4.78 is 10.8. The van der Waals surface area contributed by atoms with Gasteiger partial charge in [0.25, 0.3) is 11.8 Å². The van der Waals surface area contributed by atoms with E-state index >= 15 is 0 Å². The average molecular weight is 728 g/mol. The number of esters is 1. The summed E-state index contributed by atoms with van der Waals surface area (Å²) in [6.45, 7) is 3.94. The number of carbonyl (C=O) groups excluding carboxylic acids is 4. The van der Waals surface area contributed by atoms with Crippen LogP contribution >= 0.6 is 23.1 Å². The molecule has 4 aromatic rings. The van der Waals surface area contributed by atoms with Gasteiger partial charge in [-0.15, -0.1) is 23.1 Å². The predicted octanol–water partition coefficient (Wildman–Crippen LogP) is 7.83. The summed E-state index contributed by atoms with van der Waals surface area (Å²) in [5, 5.41) is 18.6. The second-order valence-electron chi connectivity index (χ2n) is 11.8. The average Bonchev–Trinajstić information content (AvgIpc) is 3.30. The first-order valence-electron chi connectivity index (χ1n) is 16.9. The monoisotopic (exact) mass is 727 g/mol. The van der Waals surface area contributed by atoms with Gasteiger partial charge in [0.05, 0.1) is 24.5 Å². The van der Waals surface area contributed by atoms with E-state index < -0.39 is 23.0 Å². The highest BCUT2D eigenvalue weighted by molar-refractivity contribution is 8.00. The van der Waals surface area contributed by atoms with E-state index in [-0.39, 0.29) is 24.0 Å². The number of benzene rings is 3. The first kappa shape index (κ1) is 37.2. The van der Waals surface area contributed by atoms with Crippen molar-refractivity contribution in [1.82, 2.24) is 5.32 Å². The van der Waals surface area contributed by atoms with Gasteiger partial charge in [0, 0.05) is 32.7 Å². The minimum Gasteiger partial charge on any atom is -0.508 e. The van der Waals surface area contributed by atoms with Crippen LogP contribution in [0.4, 0.5) is 10.7 Å². The SMILES string of the molecule is CCOC(=O)c1c(NC(=O)C(CC)Sc2cccc(NC(=O)/C(=C\c3ccc(O)cc3OC)NC(=O)c3ccccc3)c2)sc2c1CCCCC2. The maximum absolute atomic E-state index is 13.7. The Hall–Kier alpha value is -5.07. The van der Waals surface area contributed by atoms with Gasteiger partial charge in [-0.25, -0.2) is 4.79 Å². The molecule has 12 heteroatoms. The zero-order valence-corrected chi connectivity index (χ0v) is 30.4. The number of methoxy groups -OCH3 is 1. The third kappa shape index (κ3) is 9.59. The van der Waals surface area contributed by atoms with Crippen molar-refractivity contribution < 1.29 is 33.8 Å². The topological polar surface area (TPSA) is 143 Å². The van der Waals surface area contributed by atoms with Crippen molar-refractivity contribution in [2.75, 3.05) is 24.4 Å². The number of ether oxygens (including phenoxy) is 2. The van der Waals surface area contributed by atoms with Gasteiger partial charge in [-0.05, 0) is 93.1 Å². The van der Waals surface area contributed by atoms with Crippen LogP contribution in [-0.2, 0) is 27.2 Å². The highest BCUT2D eigenvalue weighted by Crippen LogP contribution is 2.39. The van der Waals surface area contributed by atoms with Gasteiger partial charge in [-0.3, -0.25) is 14.4 Å². The van der Waals surface area contributed by atoms with Gasteiger partial charge in [-0.1, -0.05) is 37.6 Å². The molecule has 1 unspecified atom stereocenters. The maximum Gasteiger partial charge on any atom is 0.341 e. The Morgan fingerprint density at radius 1 is 0.941 bits per heavy atom. The minimum absolute atomic E-state index is 0.0129. The number of hydrogen-bond donors (Lipinski definition) is 4. The molecule has 5 rings (SSSR count). The Morgan fingerprint density at radius 3 is 2.47 bits per heavy atom. The van der Waals surface area contributed by atoms with Crippen molar-refractivity contribution in [3.05, 3.63) is 106 Å². The summed E-state index contributed by atoms with van der Waals surface area (Å²) in [4.78, 5) is 55.4. The Labute approximate surface area is 305 Å². The van der Waals surface area contributed by atoms with Crippen molar-refractivity contribution in [1.29, 1.82) is 0 Å². The molecule has 0 bridgehead atoms. The van der Waals surface area contributed by atoms with E-state index in [1.54, 1.807) is 61.5 Å². The molecule has 0 aliphatic heterocycles. The van der Waals surface area contributed by atoms with Crippen LogP contribution in [0.15, 0.2) is 83.4 Å². The van der Waals surface area contributed by atoms with E-state index in [9.17, 15) is 24.3 Å². The van der Waals surface area contributed by atoms with Crippen LogP contribution in [0.3, 0.4) is 0 Å². The van der Waals surface area contributed by atoms with Gasteiger partial charge in [0.15, 0.2) is 0 Å². The Morgan fingerprint density at radius 2 is 1.73 bits per heavy atom. The van der Waals surface area contributed by atoms with Gasteiger partial charge in [0.1, 0.15) is 22.2 Å². The Kier molecular flexibility index (Phi) is 12.9. The number of thiophene rings is 1. The van der Waals surface area contributed by atoms with Crippen molar-refractivity contribution in [2.45, 2.75) is 62.5 Å². The highest BCUT2D eigenvalue weighted by Gasteiger charge is 2.28. The number of fused-ring (bicyclic) bond motifs is 1. The Balaban J connectivity index is 1.34. The van der Waals surface area contributed by atoms with Gasteiger partial charge < -0.3 is 30.5 Å². The van der Waals surface area contributed by atoms with E-state index in [4.69, 9.17) is 9.47 Å². The minimum atomic E-state index is -0.592. The summed E-state index contributed by atoms with van der Waals surface area (Å²) >= 11 is 2.81. The van der Waals surface area contributed by atoms with Crippen LogP contribution in [-0.4, -0.2) is 47.8 Å². The fourth-order valence-corrected chi connectivity index (χ4v) is 7.99. The van der Waals surface area contributed by atoms with Gasteiger partial charge in [-0.2, -0.15) is 0 Å². The second kappa shape index (κ2) is 17.7. The molecule has 51 heavy (non-hydrogen) atoms. The molecular weight excluding hydrogens is 687 g/mol. The van der Waals surface area contributed by atoms with Crippen molar-refractivity contribution in [3.63, 3.8) is 0 Å². The molecule has 1 heterocycles. The predicted molar refractivity (Wildman–Crippen MR) is 202 cm³/mol. The molecule has 1 atom stereocenters. The van der Waals surface area contributed by atoms with E-state index in [2.05, 4.69) is 16.0 Å². The zero-order valence-electron chi connectivity index (χ0n) is 28.7. The molecule has 0 saturated carbocycles. The Bertz CT molecular complexity index is 1920. The largest absolute Gasteiger partial charge is 0.508 e. The zero-order chi connectivity index (χ0) is 36.3. The molecular formula is C39H41N3O7S2.